The van der Waals surface area contributed by atoms with E-state index in [-0.39, 0.29) is 24.1 Å². The van der Waals surface area contributed by atoms with E-state index in [2.05, 4.69) is 5.32 Å². The molecule has 0 aliphatic heterocycles. The van der Waals surface area contributed by atoms with Crippen LogP contribution in [0.1, 0.15) is 28.6 Å². The Balaban J connectivity index is 2.01. The van der Waals surface area contributed by atoms with Crippen LogP contribution in [0.4, 0.5) is 0 Å². The fraction of sp³-hybridized carbons (Fsp3) is 0.583. The third-order valence-electron chi connectivity index (χ3n) is 3.15. The maximum atomic E-state index is 12.1. The highest BCUT2D eigenvalue weighted by Gasteiger charge is 2.40. The van der Waals surface area contributed by atoms with Crippen molar-refractivity contribution in [2.24, 2.45) is 5.73 Å². The predicted molar refractivity (Wildman–Crippen MR) is 73.3 cm³/mol. The predicted octanol–water partition coefficient (Wildman–Crippen LogP) is 1.94. The Hall–Kier alpha value is -0.620. The smallest absolute Gasteiger partial charge is 0.263 e. The summed E-state index contributed by atoms with van der Waals surface area (Å²) in [5.74, 6) is -0.164. The summed E-state index contributed by atoms with van der Waals surface area (Å²) in [6.07, 6.45) is 0.810. The fourth-order valence-corrected chi connectivity index (χ4v) is 3.21. The Morgan fingerprint density at radius 1 is 1.72 bits per heavy atom. The average Bonchev–Trinajstić information content (AvgIpc) is 2.67. The molecule has 1 fully saturated rings. The number of amides is 1. The van der Waals surface area contributed by atoms with Crippen molar-refractivity contribution in [3.63, 3.8) is 0 Å². The van der Waals surface area contributed by atoms with Crippen molar-refractivity contribution in [2.75, 3.05) is 6.61 Å². The summed E-state index contributed by atoms with van der Waals surface area (Å²) in [5.41, 5.74) is 6.81. The monoisotopic (exact) mass is 288 g/mol. The van der Waals surface area contributed by atoms with Gasteiger partial charge in [-0.2, -0.15) is 0 Å². The molecule has 1 aliphatic carbocycles. The number of aryl methyl sites for hydroxylation is 1. The molecule has 1 aliphatic rings. The van der Waals surface area contributed by atoms with E-state index < -0.39 is 0 Å². The van der Waals surface area contributed by atoms with Crippen molar-refractivity contribution < 1.29 is 9.53 Å². The molecular formula is C12H17ClN2O2S. The van der Waals surface area contributed by atoms with Crippen molar-refractivity contribution in [1.29, 1.82) is 0 Å². The molecule has 18 heavy (non-hydrogen) atoms. The Kier molecular flexibility index (Phi) is 4.27. The lowest BCUT2D eigenvalue weighted by Crippen LogP contribution is -2.64. The zero-order chi connectivity index (χ0) is 13.3. The van der Waals surface area contributed by atoms with Crippen molar-refractivity contribution in [3.05, 3.63) is 20.8 Å². The highest BCUT2D eigenvalue weighted by Crippen LogP contribution is 2.28. The minimum atomic E-state index is -0.164. The van der Waals surface area contributed by atoms with Gasteiger partial charge in [-0.15, -0.1) is 11.3 Å². The van der Waals surface area contributed by atoms with Gasteiger partial charge in [0.2, 0.25) is 0 Å². The maximum absolute atomic E-state index is 12.1. The molecule has 6 heteroatoms. The van der Waals surface area contributed by atoms with Crippen LogP contribution >= 0.6 is 22.9 Å². The number of rotatable bonds is 4. The topological polar surface area (TPSA) is 64.3 Å². The summed E-state index contributed by atoms with van der Waals surface area (Å²) < 4.78 is 5.51. The molecule has 0 aromatic carbocycles. The van der Waals surface area contributed by atoms with Crippen molar-refractivity contribution in [1.82, 2.24) is 5.32 Å². The van der Waals surface area contributed by atoms with Crippen molar-refractivity contribution in [3.8, 4) is 0 Å². The van der Waals surface area contributed by atoms with E-state index in [1.54, 1.807) is 0 Å². The van der Waals surface area contributed by atoms with E-state index in [0.717, 1.165) is 12.0 Å². The molecule has 1 aromatic heterocycles. The molecule has 1 amide bonds. The number of hydrogen-bond donors (Lipinski definition) is 2. The quantitative estimate of drug-likeness (QED) is 0.890. The minimum Gasteiger partial charge on any atom is -0.376 e. The van der Waals surface area contributed by atoms with Crippen molar-refractivity contribution >= 4 is 28.8 Å². The van der Waals surface area contributed by atoms with Crippen molar-refractivity contribution in [2.45, 2.75) is 38.5 Å². The Morgan fingerprint density at radius 3 is 2.94 bits per heavy atom. The number of hydrogen-bond acceptors (Lipinski definition) is 4. The first-order chi connectivity index (χ1) is 8.54. The number of nitrogens with two attached hydrogens (primary N) is 1. The first-order valence-electron chi connectivity index (χ1n) is 5.96. The third-order valence-corrected chi connectivity index (χ3v) is 4.85. The van der Waals surface area contributed by atoms with Gasteiger partial charge in [0.25, 0.3) is 5.91 Å². The van der Waals surface area contributed by atoms with Crippen LogP contribution in [-0.2, 0) is 4.74 Å². The number of nitrogens with one attached hydrogen (secondary N) is 1. The second kappa shape index (κ2) is 5.57. The van der Waals surface area contributed by atoms with Crippen LogP contribution in [-0.4, -0.2) is 30.7 Å². The summed E-state index contributed by atoms with van der Waals surface area (Å²) in [4.78, 5) is 12.6. The van der Waals surface area contributed by atoms with E-state index in [1.165, 1.54) is 11.3 Å². The van der Waals surface area contributed by atoms with Gasteiger partial charge >= 0.3 is 0 Å². The van der Waals surface area contributed by atoms with Gasteiger partial charge in [-0.3, -0.25) is 4.79 Å². The minimum absolute atomic E-state index is 0.0220. The molecule has 0 radical (unpaired) electrons. The zero-order valence-corrected chi connectivity index (χ0v) is 12.0. The van der Waals surface area contributed by atoms with E-state index in [0.29, 0.717) is 16.5 Å². The van der Waals surface area contributed by atoms with Crippen LogP contribution in [0, 0.1) is 6.92 Å². The van der Waals surface area contributed by atoms with Crippen LogP contribution in [0.5, 0.6) is 0 Å². The van der Waals surface area contributed by atoms with Gasteiger partial charge in [-0.1, -0.05) is 11.6 Å². The molecule has 3 unspecified atom stereocenters. The molecule has 0 spiro atoms. The standard InChI is InChI=1S/C12H17ClN2O2S/c1-3-17-8-4-7(14)10(8)15-12(16)11-9(13)6(2)5-18-11/h5,7-8,10H,3-4,14H2,1-2H3,(H,15,16). The maximum Gasteiger partial charge on any atom is 0.263 e. The fourth-order valence-electron chi connectivity index (χ4n) is 2.03. The van der Waals surface area contributed by atoms with Gasteiger partial charge in [0.05, 0.1) is 17.2 Å². The van der Waals surface area contributed by atoms with Gasteiger partial charge in [0.15, 0.2) is 0 Å². The van der Waals surface area contributed by atoms with Gasteiger partial charge in [0, 0.05) is 12.6 Å². The van der Waals surface area contributed by atoms with Crippen LogP contribution in [0.25, 0.3) is 0 Å². The summed E-state index contributed by atoms with van der Waals surface area (Å²) in [5, 5.41) is 5.31. The summed E-state index contributed by atoms with van der Waals surface area (Å²) in [7, 11) is 0. The molecular weight excluding hydrogens is 272 g/mol. The van der Waals surface area contributed by atoms with Gasteiger partial charge in [-0.25, -0.2) is 0 Å². The molecule has 3 atom stereocenters. The van der Waals surface area contributed by atoms with E-state index >= 15 is 0 Å². The van der Waals surface area contributed by atoms with E-state index in [4.69, 9.17) is 22.1 Å². The highest BCUT2D eigenvalue weighted by molar-refractivity contribution is 7.13. The summed E-state index contributed by atoms with van der Waals surface area (Å²) >= 11 is 7.42. The van der Waals surface area contributed by atoms with Crippen LogP contribution < -0.4 is 11.1 Å². The van der Waals surface area contributed by atoms with Crippen LogP contribution in [0.15, 0.2) is 5.38 Å². The largest absolute Gasteiger partial charge is 0.376 e. The highest BCUT2D eigenvalue weighted by atomic mass is 35.5. The molecule has 0 saturated heterocycles. The molecule has 100 valence electrons. The molecule has 1 heterocycles. The number of ether oxygens (including phenoxy) is 1. The number of halogens is 1. The molecule has 3 N–H and O–H groups in total. The average molecular weight is 289 g/mol. The number of carbonyl (C=O) groups is 1. The van der Waals surface area contributed by atoms with Gasteiger partial charge in [0.1, 0.15) is 4.88 Å². The Morgan fingerprint density at radius 2 is 2.44 bits per heavy atom. The number of carbonyl (C=O) groups excluding carboxylic acids is 1. The van der Waals surface area contributed by atoms with Crippen LogP contribution in [0.2, 0.25) is 5.02 Å². The zero-order valence-electron chi connectivity index (χ0n) is 10.4. The molecule has 4 nitrogen and oxygen atoms in total. The van der Waals surface area contributed by atoms with E-state index in [1.807, 2.05) is 19.2 Å². The molecule has 1 saturated carbocycles. The van der Waals surface area contributed by atoms with Gasteiger partial charge in [-0.05, 0) is 31.2 Å². The first-order valence-corrected chi connectivity index (χ1v) is 7.22. The first kappa shape index (κ1) is 13.8. The van der Waals surface area contributed by atoms with Crippen LogP contribution in [0.3, 0.4) is 0 Å². The Bertz CT molecular complexity index is 447. The SMILES string of the molecule is CCOC1CC(N)C1NC(=O)c1scc(C)c1Cl. The number of thiophene rings is 1. The summed E-state index contributed by atoms with van der Waals surface area (Å²) in [6, 6.07) is -0.152. The summed E-state index contributed by atoms with van der Waals surface area (Å²) in [6.45, 7) is 4.44. The lowest BCUT2D eigenvalue weighted by molar-refractivity contribution is -0.0299. The van der Waals surface area contributed by atoms with E-state index in [9.17, 15) is 4.79 Å². The second-order valence-electron chi connectivity index (χ2n) is 4.45. The second-order valence-corrected chi connectivity index (χ2v) is 5.71. The normalized spacial score (nSPS) is 26.8. The van der Waals surface area contributed by atoms with Gasteiger partial charge < -0.3 is 15.8 Å². The third kappa shape index (κ3) is 2.54. The lowest BCUT2D eigenvalue weighted by atomic mass is 9.83. The lowest BCUT2D eigenvalue weighted by Gasteiger charge is -2.42. The molecule has 0 bridgehead atoms. The molecule has 2 rings (SSSR count). The molecule has 1 aromatic rings. The Labute approximate surface area is 115 Å².